The average molecular weight is 282 g/mol. The number of aliphatic hydroxyl groups excluding tert-OH is 2. The number of aliphatic hydroxyl groups is 2. The Labute approximate surface area is 120 Å². The van der Waals surface area contributed by atoms with Gasteiger partial charge in [-0.05, 0) is 17.3 Å². The van der Waals surface area contributed by atoms with Gasteiger partial charge in [-0.1, -0.05) is 34.6 Å². The van der Waals surface area contributed by atoms with E-state index in [0.717, 1.165) is 5.69 Å². The number of hydrogen-bond acceptors (Lipinski definition) is 4. The van der Waals surface area contributed by atoms with E-state index in [9.17, 15) is 10.2 Å². The van der Waals surface area contributed by atoms with Gasteiger partial charge in [-0.15, -0.1) is 0 Å². The second-order valence-corrected chi connectivity index (χ2v) is 7.55. The van der Waals surface area contributed by atoms with Gasteiger partial charge in [0.1, 0.15) is 6.10 Å². The quantitative estimate of drug-likeness (QED) is 0.775. The summed E-state index contributed by atoms with van der Waals surface area (Å²) < 4.78 is 5.70. The molecule has 114 valence electrons. The van der Waals surface area contributed by atoms with Crippen LogP contribution < -0.4 is 0 Å². The van der Waals surface area contributed by atoms with Crippen molar-refractivity contribution in [3.63, 3.8) is 0 Å². The second kappa shape index (κ2) is 5.13. The minimum absolute atomic E-state index is 0.0463. The van der Waals surface area contributed by atoms with Gasteiger partial charge >= 0.3 is 0 Å². The van der Waals surface area contributed by atoms with Crippen LogP contribution in [0.2, 0.25) is 0 Å². The monoisotopic (exact) mass is 282 g/mol. The summed E-state index contributed by atoms with van der Waals surface area (Å²) >= 11 is 0. The summed E-state index contributed by atoms with van der Waals surface area (Å²) in [7, 11) is 0. The van der Waals surface area contributed by atoms with Crippen molar-refractivity contribution in [2.45, 2.75) is 65.5 Å². The number of aromatic nitrogens is 2. The molecule has 20 heavy (non-hydrogen) atoms. The number of ether oxygens (including phenoxy) is 1. The fourth-order valence-electron chi connectivity index (χ4n) is 3.18. The van der Waals surface area contributed by atoms with Gasteiger partial charge < -0.3 is 19.9 Å². The van der Waals surface area contributed by atoms with Crippen LogP contribution in [0.15, 0.2) is 12.5 Å². The van der Waals surface area contributed by atoms with Crippen molar-refractivity contribution in [3.05, 3.63) is 18.2 Å². The molecule has 0 aromatic carbocycles. The molecular weight excluding hydrogens is 256 g/mol. The van der Waals surface area contributed by atoms with Crippen molar-refractivity contribution in [3.8, 4) is 0 Å². The van der Waals surface area contributed by atoms with E-state index in [2.05, 4.69) is 30.7 Å². The third-order valence-corrected chi connectivity index (χ3v) is 4.27. The van der Waals surface area contributed by atoms with Crippen molar-refractivity contribution in [2.24, 2.45) is 10.8 Å². The lowest BCUT2D eigenvalue weighted by atomic mass is 9.68. The maximum absolute atomic E-state index is 10.0. The van der Waals surface area contributed by atoms with Crippen LogP contribution in [-0.4, -0.2) is 38.7 Å². The third-order valence-electron chi connectivity index (χ3n) is 4.27. The zero-order valence-corrected chi connectivity index (χ0v) is 12.9. The van der Waals surface area contributed by atoms with Crippen molar-refractivity contribution in [1.82, 2.24) is 9.97 Å². The minimum atomic E-state index is -1.14. The van der Waals surface area contributed by atoms with Crippen molar-refractivity contribution < 1.29 is 14.9 Å². The predicted molar refractivity (Wildman–Crippen MR) is 76.1 cm³/mol. The molecule has 1 fully saturated rings. The zero-order chi connectivity index (χ0) is 15.1. The first kappa shape index (κ1) is 15.5. The fraction of sp³-hybridized carbons (Fsp3) is 0.800. The summed E-state index contributed by atoms with van der Waals surface area (Å²) in [5, 5.41) is 20.0. The van der Waals surface area contributed by atoms with E-state index in [1.54, 1.807) is 6.33 Å². The Balaban J connectivity index is 2.31. The van der Waals surface area contributed by atoms with Crippen LogP contribution in [-0.2, 0) is 4.74 Å². The molecule has 0 radical (unpaired) electrons. The van der Waals surface area contributed by atoms with E-state index < -0.39 is 12.4 Å². The van der Waals surface area contributed by atoms with Gasteiger partial charge in [0.05, 0.1) is 12.4 Å². The molecule has 3 unspecified atom stereocenters. The van der Waals surface area contributed by atoms with Crippen molar-refractivity contribution >= 4 is 0 Å². The summed E-state index contributed by atoms with van der Waals surface area (Å²) in [6, 6.07) is 0. The molecule has 1 aliphatic heterocycles. The van der Waals surface area contributed by atoms with E-state index in [1.165, 1.54) is 0 Å². The molecule has 2 rings (SSSR count). The van der Waals surface area contributed by atoms with Gasteiger partial charge in [-0.2, -0.15) is 0 Å². The first-order valence-electron chi connectivity index (χ1n) is 7.13. The lowest BCUT2D eigenvalue weighted by Crippen LogP contribution is -2.52. The Morgan fingerprint density at radius 3 is 2.50 bits per heavy atom. The number of nitrogens with zero attached hydrogens (tertiary/aromatic N) is 1. The predicted octanol–water partition coefficient (Wildman–Crippen LogP) is 2.03. The Bertz CT molecular complexity index is 436. The summed E-state index contributed by atoms with van der Waals surface area (Å²) in [5.74, 6) is 0.0754. The highest BCUT2D eigenvalue weighted by molar-refractivity contribution is 5.12. The van der Waals surface area contributed by atoms with Crippen molar-refractivity contribution in [2.75, 3.05) is 0 Å². The molecule has 1 aliphatic rings. The van der Waals surface area contributed by atoms with E-state index in [1.807, 2.05) is 20.0 Å². The highest BCUT2D eigenvalue weighted by atomic mass is 16.6. The lowest BCUT2D eigenvalue weighted by Gasteiger charge is -2.47. The van der Waals surface area contributed by atoms with E-state index in [0.29, 0.717) is 6.42 Å². The highest BCUT2D eigenvalue weighted by Crippen LogP contribution is 2.46. The first-order chi connectivity index (χ1) is 9.13. The standard InChI is InChI=1S/C15H26N2O3/c1-14(2,3)11(9-7-16-8-17-9)10-6-15(4,5)12(18)13(19)20-10/h7-8,10-13,18-19H,6H2,1-5H3,(H,16,17)/t10?,11?,12?,13-/m0/s1. The fourth-order valence-corrected chi connectivity index (χ4v) is 3.18. The number of imidazole rings is 1. The minimum Gasteiger partial charge on any atom is -0.387 e. The molecule has 5 nitrogen and oxygen atoms in total. The van der Waals surface area contributed by atoms with Crippen LogP contribution in [0.4, 0.5) is 0 Å². The summed E-state index contributed by atoms with van der Waals surface area (Å²) in [6.07, 6.45) is 1.99. The molecule has 1 aromatic heterocycles. The topological polar surface area (TPSA) is 78.4 Å². The molecular formula is C15H26N2O3. The molecule has 0 amide bonds. The van der Waals surface area contributed by atoms with E-state index in [-0.39, 0.29) is 22.9 Å². The summed E-state index contributed by atoms with van der Waals surface area (Å²) in [4.78, 5) is 7.26. The number of H-pyrrole nitrogens is 1. The largest absolute Gasteiger partial charge is 0.387 e. The zero-order valence-electron chi connectivity index (χ0n) is 12.9. The van der Waals surface area contributed by atoms with Gasteiger partial charge in [-0.25, -0.2) is 4.98 Å². The van der Waals surface area contributed by atoms with Gasteiger partial charge in [-0.3, -0.25) is 0 Å². The molecule has 0 spiro atoms. The molecule has 1 aromatic rings. The third kappa shape index (κ3) is 2.90. The maximum Gasteiger partial charge on any atom is 0.181 e. The van der Waals surface area contributed by atoms with Crippen LogP contribution in [0, 0.1) is 10.8 Å². The SMILES string of the molecule is CC(C)(C)C(c1cnc[nH]1)C1CC(C)(C)C(O)[C@@H](O)O1. The summed E-state index contributed by atoms with van der Waals surface area (Å²) in [6.45, 7) is 10.4. The first-order valence-corrected chi connectivity index (χ1v) is 7.13. The molecule has 4 atom stereocenters. The van der Waals surface area contributed by atoms with Crippen LogP contribution in [0.3, 0.4) is 0 Å². The Morgan fingerprint density at radius 1 is 1.40 bits per heavy atom. The molecule has 0 saturated carbocycles. The Kier molecular flexibility index (Phi) is 3.97. The smallest absolute Gasteiger partial charge is 0.181 e. The average Bonchev–Trinajstić information content (AvgIpc) is 2.77. The van der Waals surface area contributed by atoms with Gasteiger partial charge in [0, 0.05) is 17.8 Å². The maximum atomic E-state index is 10.0. The van der Waals surface area contributed by atoms with Crippen LogP contribution in [0.25, 0.3) is 0 Å². The Morgan fingerprint density at radius 2 is 2.05 bits per heavy atom. The number of rotatable bonds is 2. The highest BCUT2D eigenvalue weighted by Gasteiger charge is 2.47. The molecule has 3 N–H and O–H groups in total. The molecule has 2 heterocycles. The van der Waals surface area contributed by atoms with Crippen molar-refractivity contribution in [1.29, 1.82) is 0 Å². The number of hydrogen-bond donors (Lipinski definition) is 3. The molecule has 1 saturated heterocycles. The van der Waals surface area contributed by atoms with Gasteiger partial charge in [0.15, 0.2) is 6.29 Å². The van der Waals surface area contributed by atoms with Crippen LogP contribution in [0.1, 0.15) is 52.7 Å². The van der Waals surface area contributed by atoms with E-state index in [4.69, 9.17) is 4.74 Å². The van der Waals surface area contributed by atoms with Gasteiger partial charge in [0.25, 0.3) is 0 Å². The molecule has 0 bridgehead atoms. The Hall–Kier alpha value is -0.910. The van der Waals surface area contributed by atoms with E-state index >= 15 is 0 Å². The normalized spacial score (nSPS) is 32.0. The van der Waals surface area contributed by atoms with Gasteiger partial charge in [0.2, 0.25) is 0 Å². The lowest BCUT2D eigenvalue weighted by molar-refractivity contribution is -0.261. The summed E-state index contributed by atoms with van der Waals surface area (Å²) in [5.41, 5.74) is 0.572. The number of nitrogens with one attached hydrogen (secondary N) is 1. The second-order valence-electron chi connectivity index (χ2n) is 7.55. The molecule has 0 aliphatic carbocycles. The van der Waals surface area contributed by atoms with Crippen LogP contribution >= 0.6 is 0 Å². The molecule has 5 heteroatoms. The van der Waals surface area contributed by atoms with Crippen LogP contribution in [0.5, 0.6) is 0 Å². The number of aromatic amines is 1.